The lowest BCUT2D eigenvalue weighted by molar-refractivity contribution is -0.384. The molecule has 0 aliphatic rings. The summed E-state index contributed by atoms with van der Waals surface area (Å²) >= 11 is 0. The Morgan fingerprint density at radius 3 is 2.52 bits per heavy atom. The van der Waals surface area contributed by atoms with E-state index in [9.17, 15) is 24.8 Å². The van der Waals surface area contributed by atoms with E-state index in [0.29, 0.717) is 6.54 Å². The maximum atomic E-state index is 11.5. The maximum absolute atomic E-state index is 11.5. The van der Waals surface area contributed by atoms with Crippen LogP contribution in [0.25, 0.3) is 0 Å². The Labute approximate surface area is 120 Å². The number of nitro benzene ring substituents is 1. The molecule has 114 valence electrons. The molecule has 21 heavy (non-hydrogen) atoms. The number of rotatable bonds is 8. The van der Waals surface area contributed by atoms with Crippen LogP contribution in [0.4, 0.5) is 5.69 Å². The quantitative estimate of drug-likeness (QED) is 0.551. The zero-order chi connectivity index (χ0) is 16.0. The summed E-state index contributed by atoms with van der Waals surface area (Å²) in [4.78, 5) is 33.7. The largest absolute Gasteiger partial charge is 0.481 e. The molecule has 0 spiro atoms. The number of carboxylic acid groups (broad SMARTS) is 2. The fraction of sp³-hybridized carbons (Fsp3) is 0.385. The van der Waals surface area contributed by atoms with E-state index in [-0.39, 0.29) is 24.2 Å². The van der Waals surface area contributed by atoms with Crippen LogP contribution in [0.2, 0.25) is 0 Å². The van der Waals surface area contributed by atoms with Gasteiger partial charge in [-0.3, -0.25) is 24.6 Å². The fourth-order valence-electron chi connectivity index (χ4n) is 2.03. The topological polar surface area (TPSA) is 121 Å². The van der Waals surface area contributed by atoms with Gasteiger partial charge in [-0.15, -0.1) is 0 Å². The van der Waals surface area contributed by atoms with Crippen molar-refractivity contribution in [3.05, 3.63) is 39.9 Å². The number of likely N-dealkylation sites (N-methyl/N-ethyl adjacent to an activating group) is 1. The van der Waals surface area contributed by atoms with Gasteiger partial charge >= 0.3 is 11.9 Å². The highest BCUT2D eigenvalue weighted by Gasteiger charge is 2.27. The van der Waals surface area contributed by atoms with Gasteiger partial charge in [-0.25, -0.2) is 0 Å². The van der Waals surface area contributed by atoms with Gasteiger partial charge in [0.25, 0.3) is 5.69 Å². The normalized spacial score (nSPS) is 12.1. The summed E-state index contributed by atoms with van der Waals surface area (Å²) < 4.78 is 0. The second-order valence-electron chi connectivity index (χ2n) is 4.37. The second-order valence-corrected chi connectivity index (χ2v) is 4.37. The molecule has 0 heterocycles. The van der Waals surface area contributed by atoms with Crippen molar-refractivity contribution in [3.63, 3.8) is 0 Å². The molecule has 0 bridgehead atoms. The Morgan fingerprint density at radius 2 is 2.05 bits per heavy atom. The van der Waals surface area contributed by atoms with Crippen molar-refractivity contribution >= 4 is 17.6 Å². The summed E-state index contributed by atoms with van der Waals surface area (Å²) in [7, 11) is 0. The number of hydrogen-bond donors (Lipinski definition) is 2. The van der Waals surface area contributed by atoms with E-state index in [1.54, 1.807) is 6.92 Å². The average molecular weight is 296 g/mol. The van der Waals surface area contributed by atoms with Gasteiger partial charge in [-0.05, 0) is 12.1 Å². The number of nitro groups is 1. The van der Waals surface area contributed by atoms with Gasteiger partial charge in [0.2, 0.25) is 0 Å². The van der Waals surface area contributed by atoms with E-state index in [0.717, 1.165) is 0 Å². The van der Waals surface area contributed by atoms with Gasteiger partial charge in [0.05, 0.1) is 11.3 Å². The van der Waals surface area contributed by atoms with Gasteiger partial charge < -0.3 is 10.2 Å². The van der Waals surface area contributed by atoms with Crippen molar-refractivity contribution in [2.24, 2.45) is 0 Å². The Balaban J connectivity index is 3.09. The first kappa shape index (κ1) is 16.6. The molecule has 0 aromatic heterocycles. The van der Waals surface area contributed by atoms with E-state index in [2.05, 4.69) is 0 Å². The summed E-state index contributed by atoms with van der Waals surface area (Å²) in [6.07, 6.45) is -0.202. The molecule has 0 fully saturated rings. The van der Waals surface area contributed by atoms with Crippen LogP contribution >= 0.6 is 0 Å². The molecular weight excluding hydrogens is 280 g/mol. The van der Waals surface area contributed by atoms with Crippen LogP contribution in [0, 0.1) is 10.1 Å². The molecule has 8 nitrogen and oxygen atoms in total. The minimum Gasteiger partial charge on any atom is -0.481 e. The third kappa shape index (κ3) is 4.53. The first-order valence-electron chi connectivity index (χ1n) is 6.29. The molecule has 0 amide bonds. The molecule has 0 radical (unpaired) electrons. The number of carboxylic acids is 2. The number of benzene rings is 1. The van der Waals surface area contributed by atoms with Gasteiger partial charge in [-0.1, -0.05) is 19.1 Å². The van der Waals surface area contributed by atoms with Gasteiger partial charge in [0.1, 0.15) is 6.04 Å². The smallest absolute Gasteiger partial charge is 0.325 e. The van der Waals surface area contributed by atoms with Crippen molar-refractivity contribution in [1.82, 2.24) is 4.90 Å². The van der Waals surface area contributed by atoms with Crippen molar-refractivity contribution in [2.75, 3.05) is 13.1 Å². The van der Waals surface area contributed by atoms with Crippen LogP contribution in [0.3, 0.4) is 0 Å². The van der Waals surface area contributed by atoms with Gasteiger partial charge in [-0.2, -0.15) is 0 Å². The number of nitrogens with zero attached hydrogens (tertiary/aromatic N) is 2. The van der Waals surface area contributed by atoms with Gasteiger partial charge in [0.15, 0.2) is 0 Å². The molecule has 1 atom stereocenters. The number of non-ortho nitro benzene ring substituents is 1. The van der Waals surface area contributed by atoms with E-state index in [4.69, 9.17) is 5.11 Å². The molecule has 2 N–H and O–H groups in total. The predicted octanol–water partition coefficient (Wildman–Crippen LogP) is 1.52. The van der Waals surface area contributed by atoms with E-state index in [1.807, 2.05) is 0 Å². The molecule has 1 aromatic carbocycles. The summed E-state index contributed by atoms with van der Waals surface area (Å²) in [5.41, 5.74) is 0.0528. The molecule has 0 aliphatic heterocycles. The molecule has 0 saturated heterocycles. The minimum absolute atomic E-state index is 0.0471. The Hall–Kier alpha value is -2.48. The highest BCUT2D eigenvalue weighted by molar-refractivity contribution is 5.76. The van der Waals surface area contributed by atoms with E-state index >= 15 is 0 Å². The zero-order valence-electron chi connectivity index (χ0n) is 11.4. The summed E-state index contributed by atoms with van der Waals surface area (Å²) in [6, 6.07) is 4.25. The van der Waals surface area contributed by atoms with Gasteiger partial charge in [0, 0.05) is 18.7 Å². The molecule has 8 heteroatoms. The molecule has 1 rings (SSSR count). The number of aliphatic carboxylic acids is 2. The first-order chi connectivity index (χ1) is 9.86. The SMILES string of the molecule is CCN(CCC(=O)O)C(C(=O)O)c1cccc([N+](=O)[O-])c1. The predicted molar refractivity (Wildman–Crippen MR) is 73.0 cm³/mol. The lowest BCUT2D eigenvalue weighted by Gasteiger charge is -2.27. The van der Waals surface area contributed by atoms with Crippen LogP contribution in [0.5, 0.6) is 0 Å². The molecule has 0 aliphatic carbocycles. The zero-order valence-corrected chi connectivity index (χ0v) is 11.4. The number of carbonyl (C=O) groups is 2. The highest BCUT2D eigenvalue weighted by Crippen LogP contribution is 2.24. The summed E-state index contributed by atoms with van der Waals surface area (Å²) in [5.74, 6) is -2.21. The van der Waals surface area contributed by atoms with Crippen LogP contribution in [-0.2, 0) is 9.59 Å². The average Bonchev–Trinajstić information content (AvgIpc) is 2.42. The Kier molecular flexibility index (Phi) is 5.79. The summed E-state index contributed by atoms with van der Waals surface area (Å²) in [6.45, 7) is 2.06. The monoisotopic (exact) mass is 296 g/mol. The second kappa shape index (κ2) is 7.34. The van der Waals surface area contributed by atoms with Crippen molar-refractivity contribution in [3.8, 4) is 0 Å². The first-order valence-corrected chi connectivity index (χ1v) is 6.29. The molecule has 1 unspecified atom stereocenters. The minimum atomic E-state index is -1.18. The molecule has 1 aromatic rings. The Bertz CT molecular complexity index is 545. The Morgan fingerprint density at radius 1 is 1.38 bits per heavy atom. The van der Waals surface area contributed by atoms with E-state index in [1.165, 1.54) is 29.2 Å². The van der Waals surface area contributed by atoms with Crippen molar-refractivity contribution in [1.29, 1.82) is 0 Å². The van der Waals surface area contributed by atoms with Crippen LogP contribution in [0.15, 0.2) is 24.3 Å². The molecule has 0 saturated carbocycles. The number of hydrogen-bond acceptors (Lipinski definition) is 5. The van der Waals surface area contributed by atoms with Crippen molar-refractivity contribution in [2.45, 2.75) is 19.4 Å². The van der Waals surface area contributed by atoms with Crippen LogP contribution in [0.1, 0.15) is 24.9 Å². The maximum Gasteiger partial charge on any atom is 0.325 e. The van der Waals surface area contributed by atoms with E-state index < -0.39 is 22.9 Å². The van der Waals surface area contributed by atoms with Crippen LogP contribution in [-0.4, -0.2) is 45.1 Å². The molecular formula is C13H16N2O6. The van der Waals surface area contributed by atoms with Crippen molar-refractivity contribution < 1.29 is 24.7 Å². The highest BCUT2D eigenvalue weighted by atomic mass is 16.6. The summed E-state index contributed by atoms with van der Waals surface area (Å²) in [5, 5.41) is 28.8. The third-order valence-corrected chi connectivity index (χ3v) is 3.01. The lowest BCUT2D eigenvalue weighted by atomic mass is 10.0. The lowest BCUT2D eigenvalue weighted by Crippen LogP contribution is -2.35. The third-order valence-electron chi connectivity index (χ3n) is 3.01. The fourth-order valence-corrected chi connectivity index (χ4v) is 2.03. The standard InChI is InChI=1S/C13H16N2O6/c1-2-14(7-6-11(16)17)12(13(18)19)9-4-3-5-10(8-9)15(20)21/h3-5,8,12H,2,6-7H2,1H3,(H,16,17)(H,18,19). The van der Waals surface area contributed by atoms with Crippen LogP contribution < -0.4 is 0 Å².